The molecule has 20 heavy (non-hydrogen) atoms. The number of hydrogen-bond donors (Lipinski definition) is 2. The van der Waals surface area contributed by atoms with Gasteiger partial charge in [-0.3, -0.25) is 0 Å². The minimum atomic E-state index is -0.0741. The lowest BCUT2D eigenvalue weighted by Gasteiger charge is -2.26. The van der Waals surface area contributed by atoms with E-state index in [-0.39, 0.29) is 24.7 Å². The van der Waals surface area contributed by atoms with Crippen molar-refractivity contribution in [2.45, 2.75) is 45.7 Å². The van der Waals surface area contributed by atoms with E-state index < -0.39 is 0 Å². The highest BCUT2D eigenvalue weighted by molar-refractivity contribution is 5.75. The summed E-state index contributed by atoms with van der Waals surface area (Å²) in [6.45, 7) is 6.95. The van der Waals surface area contributed by atoms with Crippen LogP contribution < -0.4 is 5.32 Å². The Balaban J connectivity index is 2.05. The number of amides is 2. The summed E-state index contributed by atoms with van der Waals surface area (Å²) in [5.41, 5.74) is 3.61. The SMILES string of the molecule is Cc1cccc(C(C)NC(=O)N2CCC[C@H]2CO)c1C. The topological polar surface area (TPSA) is 52.6 Å². The maximum Gasteiger partial charge on any atom is 0.318 e. The number of likely N-dealkylation sites (tertiary alicyclic amines) is 1. The van der Waals surface area contributed by atoms with E-state index >= 15 is 0 Å². The fourth-order valence-electron chi connectivity index (χ4n) is 2.88. The minimum Gasteiger partial charge on any atom is -0.394 e. The molecule has 1 aliphatic rings. The van der Waals surface area contributed by atoms with E-state index in [1.54, 1.807) is 4.90 Å². The van der Waals surface area contributed by atoms with Gasteiger partial charge in [-0.15, -0.1) is 0 Å². The highest BCUT2D eigenvalue weighted by Gasteiger charge is 2.28. The van der Waals surface area contributed by atoms with E-state index in [4.69, 9.17) is 0 Å². The van der Waals surface area contributed by atoms with Gasteiger partial charge in [-0.2, -0.15) is 0 Å². The summed E-state index contributed by atoms with van der Waals surface area (Å²) in [6.07, 6.45) is 1.86. The predicted octanol–water partition coefficient (Wildman–Crippen LogP) is 2.53. The van der Waals surface area contributed by atoms with Crippen molar-refractivity contribution in [2.75, 3.05) is 13.2 Å². The lowest BCUT2D eigenvalue weighted by atomic mass is 9.98. The Morgan fingerprint density at radius 2 is 2.25 bits per heavy atom. The van der Waals surface area contributed by atoms with Crippen LogP contribution in [-0.4, -0.2) is 35.2 Å². The maximum absolute atomic E-state index is 12.3. The zero-order valence-corrected chi connectivity index (χ0v) is 12.5. The van der Waals surface area contributed by atoms with E-state index in [1.807, 2.05) is 13.0 Å². The molecule has 4 nitrogen and oxygen atoms in total. The number of carbonyl (C=O) groups is 1. The molecule has 0 spiro atoms. The zero-order valence-electron chi connectivity index (χ0n) is 12.5. The molecule has 1 saturated heterocycles. The summed E-state index contributed by atoms with van der Waals surface area (Å²) < 4.78 is 0. The van der Waals surface area contributed by atoms with Crippen molar-refractivity contribution in [3.63, 3.8) is 0 Å². The average Bonchev–Trinajstić information content (AvgIpc) is 2.90. The number of carbonyl (C=O) groups excluding carboxylic acids is 1. The number of nitrogens with one attached hydrogen (secondary N) is 1. The first-order chi connectivity index (χ1) is 9.54. The van der Waals surface area contributed by atoms with Crippen molar-refractivity contribution in [3.8, 4) is 0 Å². The Morgan fingerprint density at radius 3 is 2.95 bits per heavy atom. The van der Waals surface area contributed by atoms with Gasteiger partial charge < -0.3 is 15.3 Å². The molecule has 0 bridgehead atoms. The molecule has 2 N–H and O–H groups in total. The number of aliphatic hydroxyl groups is 1. The molecule has 0 radical (unpaired) electrons. The first kappa shape index (κ1) is 14.9. The van der Waals surface area contributed by atoms with E-state index in [0.717, 1.165) is 24.9 Å². The molecule has 0 aliphatic carbocycles. The van der Waals surface area contributed by atoms with Crippen LogP contribution in [0, 0.1) is 13.8 Å². The van der Waals surface area contributed by atoms with Gasteiger partial charge in [-0.25, -0.2) is 4.79 Å². The lowest BCUT2D eigenvalue weighted by molar-refractivity contribution is 0.155. The average molecular weight is 276 g/mol. The van der Waals surface area contributed by atoms with Crippen LogP contribution in [0.3, 0.4) is 0 Å². The third-order valence-corrected chi connectivity index (χ3v) is 4.30. The number of nitrogens with zero attached hydrogens (tertiary/aromatic N) is 1. The van der Waals surface area contributed by atoms with Crippen LogP contribution >= 0.6 is 0 Å². The number of hydrogen-bond acceptors (Lipinski definition) is 2. The van der Waals surface area contributed by atoms with Gasteiger partial charge in [0.2, 0.25) is 0 Å². The van der Waals surface area contributed by atoms with Crippen molar-refractivity contribution in [1.82, 2.24) is 10.2 Å². The van der Waals surface area contributed by atoms with E-state index in [1.165, 1.54) is 11.1 Å². The highest BCUT2D eigenvalue weighted by atomic mass is 16.3. The Hall–Kier alpha value is -1.55. The molecule has 4 heteroatoms. The first-order valence-electron chi connectivity index (χ1n) is 7.28. The van der Waals surface area contributed by atoms with Crippen molar-refractivity contribution < 1.29 is 9.90 Å². The summed E-state index contributed by atoms with van der Waals surface area (Å²) >= 11 is 0. The van der Waals surface area contributed by atoms with E-state index in [2.05, 4.69) is 31.3 Å². The summed E-state index contributed by atoms with van der Waals surface area (Å²) in [4.78, 5) is 14.0. The number of aryl methyl sites for hydroxylation is 1. The van der Waals surface area contributed by atoms with E-state index in [9.17, 15) is 9.90 Å². The maximum atomic E-state index is 12.3. The molecule has 2 rings (SSSR count). The number of aliphatic hydroxyl groups excluding tert-OH is 1. The van der Waals surface area contributed by atoms with Gasteiger partial charge in [0.25, 0.3) is 0 Å². The van der Waals surface area contributed by atoms with Gasteiger partial charge in [0.1, 0.15) is 0 Å². The molecule has 2 amide bonds. The number of rotatable bonds is 3. The first-order valence-corrected chi connectivity index (χ1v) is 7.28. The summed E-state index contributed by atoms with van der Waals surface area (Å²) in [5, 5.41) is 12.3. The molecule has 2 atom stereocenters. The Labute approximate surface area is 120 Å². The van der Waals surface area contributed by atoms with Crippen molar-refractivity contribution in [2.24, 2.45) is 0 Å². The van der Waals surface area contributed by atoms with Crippen molar-refractivity contribution >= 4 is 6.03 Å². The fourth-order valence-corrected chi connectivity index (χ4v) is 2.88. The molecule has 1 aromatic rings. The van der Waals surface area contributed by atoms with E-state index in [0.29, 0.717) is 0 Å². The van der Waals surface area contributed by atoms with Gasteiger partial charge in [0.15, 0.2) is 0 Å². The monoisotopic (exact) mass is 276 g/mol. The Kier molecular flexibility index (Phi) is 4.65. The fraction of sp³-hybridized carbons (Fsp3) is 0.562. The van der Waals surface area contributed by atoms with Crippen LogP contribution in [0.15, 0.2) is 18.2 Å². The van der Waals surface area contributed by atoms with Gasteiger partial charge >= 0.3 is 6.03 Å². The van der Waals surface area contributed by atoms with Gasteiger partial charge in [0.05, 0.1) is 18.7 Å². The smallest absolute Gasteiger partial charge is 0.318 e. The van der Waals surface area contributed by atoms with Crippen LogP contribution in [0.2, 0.25) is 0 Å². The molecule has 1 aliphatic heterocycles. The summed E-state index contributed by atoms with van der Waals surface area (Å²) in [5.74, 6) is 0. The van der Waals surface area contributed by atoms with Crippen molar-refractivity contribution in [1.29, 1.82) is 0 Å². The standard InChI is InChI=1S/C16H24N2O2/c1-11-6-4-8-15(12(11)2)13(3)17-16(20)18-9-5-7-14(18)10-19/h4,6,8,13-14,19H,5,7,9-10H2,1-3H3,(H,17,20)/t13?,14-/m0/s1. The van der Waals surface area contributed by atoms with Crippen LogP contribution in [0.4, 0.5) is 4.79 Å². The van der Waals surface area contributed by atoms with Gasteiger partial charge in [-0.05, 0) is 50.3 Å². The molecule has 1 aromatic carbocycles. The molecular formula is C16H24N2O2. The molecular weight excluding hydrogens is 252 g/mol. The largest absolute Gasteiger partial charge is 0.394 e. The normalized spacial score (nSPS) is 20.0. The Bertz CT molecular complexity index is 487. The molecule has 0 aromatic heterocycles. The third kappa shape index (κ3) is 2.96. The predicted molar refractivity (Wildman–Crippen MR) is 79.7 cm³/mol. The molecule has 1 heterocycles. The highest BCUT2D eigenvalue weighted by Crippen LogP contribution is 2.22. The lowest BCUT2D eigenvalue weighted by Crippen LogP contribution is -2.45. The minimum absolute atomic E-state index is 0.0256. The number of urea groups is 1. The van der Waals surface area contributed by atoms with Crippen LogP contribution in [0.25, 0.3) is 0 Å². The Morgan fingerprint density at radius 1 is 1.50 bits per heavy atom. The molecule has 110 valence electrons. The quantitative estimate of drug-likeness (QED) is 0.891. The second kappa shape index (κ2) is 6.27. The number of benzene rings is 1. The third-order valence-electron chi connectivity index (χ3n) is 4.30. The van der Waals surface area contributed by atoms with Gasteiger partial charge in [-0.1, -0.05) is 18.2 Å². The second-order valence-corrected chi connectivity index (χ2v) is 5.63. The zero-order chi connectivity index (χ0) is 14.7. The summed E-state index contributed by atoms with van der Waals surface area (Å²) in [7, 11) is 0. The molecule has 0 saturated carbocycles. The van der Waals surface area contributed by atoms with Crippen LogP contribution in [0.5, 0.6) is 0 Å². The van der Waals surface area contributed by atoms with Gasteiger partial charge in [0, 0.05) is 6.54 Å². The molecule has 1 unspecified atom stereocenters. The van der Waals surface area contributed by atoms with Crippen LogP contribution in [0.1, 0.15) is 42.5 Å². The van der Waals surface area contributed by atoms with Crippen LogP contribution in [-0.2, 0) is 0 Å². The molecule has 1 fully saturated rings. The summed E-state index contributed by atoms with van der Waals surface area (Å²) in [6, 6.07) is 6.03. The second-order valence-electron chi connectivity index (χ2n) is 5.63. The van der Waals surface area contributed by atoms with Crippen molar-refractivity contribution in [3.05, 3.63) is 34.9 Å².